The maximum absolute atomic E-state index is 12.4. The molecule has 0 spiro atoms. The molecular weight excluding hydrogens is 348 g/mol. The number of Topliss-reactive ketones (excluding diaryl/α,β-unsaturated/α-hetero) is 1. The van der Waals surface area contributed by atoms with E-state index >= 15 is 0 Å². The van der Waals surface area contributed by atoms with Gasteiger partial charge in [-0.1, -0.05) is 25.5 Å². The van der Waals surface area contributed by atoms with Crippen molar-refractivity contribution in [1.82, 2.24) is 0 Å². The van der Waals surface area contributed by atoms with Gasteiger partial charge in [0.05, 0.1) is 12.2 Å². The van der Waals surface area contributed by atoms with Crippen LogP contribution in [-0.2, 0) is 9.59 Å². The average Bonchev–Trinajstić information content (AvgIpc) is 2.82. The highest BCUT2D eigenvalue weighted by atomic mass is 16.4. The summed E-state index contributed by atoms with van der Waals surface area (Å²) in [5, 5.41) is 42.3. The first-order valence-corrected chi connectivity index (χ1v) is 9.76. The van der Waals surface area contributed by atoms with Crippen molar-refractivity contribution in [2.75, 3.05) is 6.61 Å². The molecule has 3 saturated carbocycles. The Kier molecular flexibility index (Phi) is 4.10. The molecule has 148 valence electrons. The molecule has 3 fully saturated rings. The van der Waals surface area contributed by atoms with Crippen LogP contribution in [0.5, 0.6) is 0 Å². The number of hydrogen-bond donors (Lipinski definition) is 4. The third kappa shape index (κ3) is 2.21. The smallest absolute Gasteiger partial charge is 0.192 e. The Morgan fingerprint density at radius 1 is 1.30 bits per heavy atom. The number of carbonyl (C=O) groups is 2. The third-order valence-electron chi connectivity index (χ3n) is 8.28. The van der Waals surface area contributed by atoms with E-state index in [0.29, 0.717) is 0 Å². The van der Waals surface area contributed by atoms with Crippen molar-refractivity contribution >= 4 is 11.6 Å². The Labute approximate surface area is 158 Å². The van der Waals surface area contributed by atoms with Crippen LogP contribution in [-0.4, -0.2) is 56.4 Å². The van der Waals surface area contributed by atoms with E-state index < -0.39 is 41.0 Å². The van der Waals surface area contributed by atoms with E-state index in [0.717, 1.165) is 18.4 Å². The van der Waals surface area contributed by atoms with Crippen molar-refractivity contribution in [3.63, 3.8) is 0 Å². The number of rotatable bonds is 2. The fourth-order valence-electron chi connectivity index (χ4n) is 6.96. The van der Waals surface area contributed by atoms with E-state index in [9.17, 15) is 30.0 Å². The van der Waals surface area contributed by atoms with Crippen molar-refractivity contribution in [2.24, 2.45) is 28.6 Å². The Morgan fingerprint density at radius 3 is 2.67 bits per heavy atom. The van der Waals surface area contributed by atoms with Gasteiger partial charge >= 0.3 is 0 Å². The van der Waals surface area contributed by atoms with Crippen molar-refractivity contribution in [1.29, 1.82) is 0 Å². The summed E-state index contributed by atoms with van der Waals surface area (Å²) in [5.41, 5.74) is -2.46. The minimum absolute atomic E-state index is 0.00826. The molecule has 0 aromatic heterocycles. The Hall–Kier alpha value is -1.34. The number of ketones is 2. The maximum Gasteiger partial charge on any atom is 0.192 e. The molecule has 1 unspecified atom stereocenters. The second-order valence-corrected chi connectivity index (χ2v) is 9.31. The molecule has 4 N–H and O–H groups in total. The summed E-state index contributed by atoms with van der Waals surface area (Å²) in [4.78, 5) is 24.2. The van der Waals surface area contributed by atoms with Crippen LogP contribution in [0.1, 0.15) is 39.5 Å². The second kappa shape index (κ2) is 5.83. The molecule has 27 heavy (non-hydrogen) atoms. The molecule has 4 aliphatic carbocycles. The Bertz CT molecular complexity index is 756. The molecule has 6 nitrogen and oxygen atoms in total. The molecule has 0 saturated heterocycles. The number of allylic oxidation sites excluding steroid dienone is 4. The van der Waals surface area contributed by atoms with Crippen LogP contribution in [0.25, 0.3) is 0 Å². The molecule has 0 amide bonds. The summed E-state index contributed by atoms with van der Waals surface area (Å²) in [6.45, 7) is 2.96. The Morgan fingerprint density at radius 2 is 2.00 bits per heavy atom. The van der Waals surface area contributed by atoms with Crippen molar-refractivity contribution in [3.8, 4) is 0 Å². The SMILES string of the molecule is CC12C=CC(=O)C=C1CC[C@@H]1[C@@H]2[C@@H](O)C[C@@]2(C)[C@H]1C[C@@H](O)[C@]2(O)C(=O)CO. The molecule has 0 aromatic carbocycles. The number of hydrogen-bond acceptors (Lipinski definition) is 6. The van der Waals surface area contributed by atoms with Gasteiger partial charge in [-0.3, -0.25) is 9.59 Å². The van der Waals surface area contributed by atoms with E-state index in [1.165, 1.54) is 0 Å². The van der Waals surface area contributed by atoms with E-state index in [1.54, 1.807) is 19.1 Å². The fraction of sp³-hybridized carbons (Fsp3) is 0.714. The first-order valence-electron chi connectivity index (χ1n) is 9.76. The van der Waals surface area contributed by atoms with Gasteiger partial charge in [-0.05, 0) is 49.7 Å². The lowest BCUT2D eigenvalue weighted by atomic mass is 9.46. The van der Waals surface area contributed by atoms with Gasteiger partial charge in [0, 0.05) is 16.7 Å². The van der Waals surface area contributed by atoms with Crippen molar-refractivity contribution in [2.45, 2.75) is 57.3 Å². The van der Waals surface area contributed by atoms with Crippen molar-refractivity contribution in [3.05, 3.63) is 23.8 Å². The molecule has 4 rings (SSSR count). The van der Waals surface area contributed by atoms with Gasteiger partial charge in [-0.2, -0.15) is 0 Å². The number of fused-ring (bicyclic) bond motifs is 5. The Balaban J connectivity index is 1.78. The topological polar surface area (TPSA) is 115 Å². The second-order valence-electron chi connectivity index (χ2n) is 9.31. The van der Waals surface area contributed by atoms with E-state index in [4.69, 9.17) is 0 Å². The monoisotopic (exact) mass is 376 g/mol. The summed E-state index contributed by atoms with van der Waals surface area (Å²) in [7, 11) is 0. The van der Waals surface area contributed by atoms with Gasteiger partial charge in [-0.15, -0.1) is 0 Å². The molecule has 8 atom stereocenters. The summed E-state index contributed by atoms with van der Waals surface area (Å²) in [6, 6.07) is 0. The lowest BCUT2D eigenvalue weighted by Crippen LogP contribution is -2.63. The van der Waals surface area contributed by atoms with Crippen LogP contribution in [0.15, 0.2) is 23.8 Å². The first-order chi connectivity index (χ1) is 12.6. The molecule has 0 aliphatic heterocycles. The molecule has 0 aromatic rings. The van der Waals surface area contributed by atoms with Gasteiger partial charge in [-0.25, -0.2) is 0 Å². The van der Waals surface area contributed by atoms with Crippen LogP contribution in [0, 0.1) is 28.6 Å². The normalized spacial score (nSPS) is 51.3. The summed E-state index contributed by atoms with van der Waals surface area (Å²) in [5.74, 6) is -1.09. The number of aliphatic hydroxyl groups excluding tert-OH is 3. The molecular formula is C21H28O6. The number of aliphatic hydroxyl groups is 4. The fourth-order valence-corrected chi connectivity index (χ4v) is 6.96. The minimum atomic E-state index is -2.05. The van der Waals surface area contributed by atoms with Crippen LogP contribution >= 0.6 is 0 Å². The standard InChI is InChI=1S/C21H28O6/c1-19-6-5-12(23)7-11(19)3-4-13-14-8-16(25)21(27,17(26)10-22)20(14,2)9-15(24)18(13)19/h5-7,13-16,18,22,24-25,27H,3-4,8-10H2,1-2H3/t13-,14-,15-,16+,18+,19?,20-,21-/m0/s1. The number of carbonyl (C=O) groups excluding carboxylic acids is 2. The molecule has 4 aliphatic rings. The predicted molar refractivity (Wildman–Crippen MR) is 96.4 cm³/mol. The van der Waals surface area contributed by atoms with Crippen LogP contribution in [0.3, 0.4) is 0 Å². The van der Waals surface area contributed by atoms with Gasteiger partial charge in [0.25, 0.3) is 0 Å². The van der Waals surface area contributed by atoms with Gasteiger partial charge < -0.3 is 20.4 Å². The van der Waals surface area contributed by atoms with E-state index in [1.807, 2.05) is 13.0 Å². The first kappa shape index (κ1) is 19.0. The summed E-state index contributed by atoms with van der Waals surface area (Å²) >= 11 is 0. The largest absolute Gasteiger partial charge is 0.393 e. The quantitative estimate of drug-likeness (QED) is 0.559. The third-order valence-corrected chi connectivity index (χ3v) is 8.28. The van der Waals surface area contributed by atoms with Crippen LogP contribution in [0.4, 0.5) is 0 Å². The van der Waals surface area contributed by atoms with Crippen LogP contribution < -0.4 is 0 Å². The molecule has 6 heteroatoms. The van der Waals surface area contributed by atoms with Crippen molar-refractivity contribution < 1.29 is 30.0 Å². The average molecular weight is 376 g/mol. The van der Waals surface area contributed by atoms with Gasteiger partial charge in [0.2, 0.25) is 0 Å². The zero-order valence-corrected chi connectivity index (χ0v) is 15.8. The lowest BCUT2D eigenvalue weighted by Gasteiger charge is -2.59. The lowest BCUT2D eigenvalue weighted by molar-refractivity contribution is -0.190. The zero-order chi connectivity index (χ0) is 19.8. The van der Waals surface area contributed by atoms with Crippen LogP contribution in [0.2, 0.25) is 0 Å². The summed E-state index contributed by atoms with van der Waals surface area (Å²) in [6.07, 6.45) is 4.97. The maximum atomic E-state index is 12.4. The van der Waals surface area contributed by atoms with E-state index in [-0.39, 0.29) is 36.4 Å². The minimum Gasteiger partial charge on any atom is -0.393 e. The molecule has 0 heterocycles. The molecule has 0 radical (unpaired) electrons. The highest BCUT2D eigenvalue weighted by Crippen LogP contribution is 2.67. The summed E-state index contributed by atoms with van der Waals surface area (Å²) < 4.78 is 0. The highest BCUT2D eigenvalue weighted by Gasteiger charge is 2.71. The van der Waals surface area contributed by atoms with E-state index in [2.05, 4.69) is 0 Å². The molecule has 0 bridgehead atoms. The van der Waals surface area contributed by atoms with Gasteiger partial charge in [0.1, 0.15) is 6.61 Å². The highest BCUT2D eigenvalue weighted by molar-refractivity contribution is 6.01. The predicted octanol–water partition coefficient (Wildman–Crippen LogP) is 0.528. The zero-order valence-electron chi connectivity index (χ0n) is 15.8. The van der Waals surface area contributed by atoms with Gasteiger partial charge in [0.15, 0.2) is 17.2 Å².